The van der Waals surface area contributed by atoms with Crippen molar-refractivity contribution in [1.29, 1.82) is 0 Å². The Kier molecular flexibility index (Phi) is 9.30. The second kappa shape index (κ2) is 11.5. The molecule has 0 saturated heterocycles. The van der Waals surface area contributed by atoms with Gasteiger partial charge in [0.1, 0.15) is 0 Å². The number of halogens is 3. The largest absolute Gasteiger partial charge is 1.00 e. The fourth-order valence-electron chi connectivity index (χ4n) is 4.36. The lowest BCUT2D eigenvalue weighted by Gasteiger charge is -2.24. The van der Waals surface area contributed by atoms with E-state index in [2.05, 4.69) is 18.4 Å². The lowest BCUT2D eigenvalue weighted by molar-refractivity contribution is -0.483. The molecule has 3 rings (SSSR count). The number of hydrogen-bond donors (Lipinski definition) is 0. The van der Waals surface area contributed by atoms with E-state index in [1.807, 2.05) is 12.1 Å². The van der Waals surface area contributed by atoms with Gasteiger partial charge < -0.3 is 21.9 Å². The van der Waals surface area contributed by atoms with Gasteiger partial charge in [0.15, 0.2) is 34.9 Å². The van der Waals surface area contributed by atoms with Crippen LogP contribution in [0.1, 0.15) is 63.5 Å². The minimum absolute atomic E-state index is 0. The van der Waals surface area contributed by atoms with Crippen LogP contribution >= 0.6 is 0 Å². The van der Waals surface area contributed by atoms with E-state index in [-0.39, 0.29) is 18.4 Å². The first-order chi connectivity index (χ1) is 14.5. The molecule has 3 nitrogen and oxygen atoms in total. The summed E-state index contributed by atoms with van der Waals surface area (Å²) in [4.78, 5) is 0. The van der Waals surface area contributed by atoms with Crippen molar-refractivity contribution < 1.29 is 35.2 Å². The molecule has 0 amide bonds. The topological polar surface area (TPSA) is 21.5 Å². The number of rotatable bonds is 9. The van der Waals surface area contributed by atoms with Crippen LogP contribution in [0.4, 0.5) is 14.5 Å². The van der Waals surface area contributed by atoms with Gasteiger partial charge in [-0.2, -0.15) is 4.58 Å². The van der Waals surface area contributed by atoms with E-state index >= 15 is 0 Å². The van der Waals surface area contributed by atoms with E-state index < -0.39 is 11.6 Å². The first-order valence-corrected chi connectivity index (χ1v) is 10.9. The van der Waals surface area contributed by atoms with Crippen LogP contribution in [0.5, 0.6) is 11.5 Å². The molecule has 1 aliphatic heterocycles. The van der Waals surface area contributed by atoms with Crippen molar-refractivity contribution in [3.05, 3.63) is 53.1 Å². The number of methoxy groups -OCH3 is 2. The van der Waals surface area contributed by atoms with Crippen molar-refractivity contribution in [1.82, 2.24) is 0 Å². The van der Waals surface area contributed by atoms with Gasteiger partial charge >= 0.3 is 0 Å². The summed E-state index contributed by atoms with van der Waals surface area (Å²) in [6, 6.07) is 8.36. The van der Waals surface area contributed by atoms with Gasteiger partial charge in [-0.05, 0) is 37.1 Å². The van der Waals surface area contributed by atoms with Gasteiger partial charge in [-0.15, -0.1) is 0 Å². The molecule has 1 heterocycles. The zero-order chi connectivity index (χ0) is 21.7. The van der Waals surface area contributed by atoms with E-state index in [0.717, 1.165) is 37.0 Å². The SMILES string of the molecule is CCCCCCCC1=[N+](c2ccc(F)c(F)c2)C(C)Cc2cc(OC)c(OC)cc21.[Cl-]. The Morgan fingerprint density at radius 1 is 0.935 bits per heavy atom. The van der Waals surface area contributed by atoms with Crippen LogP contribution in [-0.2, 0) is 6.42 Å². The van der Waals surface area contributed by atoms with Crippen LogP contribution in [0.25, 0.3) is 0 Å². The molecule has 0 N–H and O–H groups in total. The third-order valence-corrected chi connectivity index (χ3v) is 5.87. The van der Waals surface area contributed by atoms with Crippen LogP contribution in [0.3, 0.4) is 0 Å². The predicted molar refractivity (Wildman–Crippen MR) is 116 cm³/mol. The smallest absolute Gasteiger partial charge is 0.208 e. The maximum absolute atomic E-state index is 14.0. The van der Waals surface area contributed by atoms with Crippen molar-refractivity contribution in [2.24, 2.45) is 0 Å². The Morgan fingerprint density at radius 3 is 2.26 bits per heavy atom. The zero-order valence-electron chi connectivity index (χ0n) is 18.8. The van der Waals surface area contributed by atoms with Crippen LogP contribution < -0.4 is 21.9 Å². The first-order valence-electron chi connectivity index (χ1n) is 10.9. The summed E-state index contributed by atoms with van der Waals surface area (Å²) in [6.45, 7) is 4.33. The monoisotopic (exact) mass is 451 g/mol. The molecule has 0 aliphatic carbocycles. The summed E-state index contributed by atoms with van der Waals surface area (Å²) in [7, 11) is 3.27. The van der Waals surface area contributed by atoms with Crippen molar-refractivity contribution in [3.63, 3.8) is 0 Å². The molecule has 0 aromatic heterocycles. The maximum atomic E-state index is 14.0. The van der Waals surface area contributed by atoms with Gasteiger partial charge in [-0.25, -0.2) is 8.78 Å². The molecular weight excluding hydrogens is 420 g/mol. The minimum atomic E-state index is -0.823. The molecule has 0 radical (unpaired) electrons. The molecule has 0 saturated carbocycles. The molecule has 31 heavy (non-hydrogen) atoms. The number of hydrogen-bond acceptors (Lipinski definition) is 2. The van der Waals surface area contributed by atoms with Crippen molar-refractivity contribution in [2.45, 2.75) is 64.8 Å². The summed E-state index contributed by atoms with van der Waals surface area (Å²) in [5.74, 6) is -0.247. The first kappa shape index (κ1) is 25.1. The molecule has 2 aromatic carbocycles. The van der Waals surface area contributed by atoms with E-state index in [0.29, 0.717) is 17.2 Å². The van der Waals surface area contributed by atoms with Gasteiger partial charge in [0.2, 0.25) is 5.69 Å². The summed E-state index contributed by atoms with van der Waals surface area (Å²) in [5, 5.41) is 0. The second-order valence-corrected chi connectivity index (χ2v) is 8.00. The van der Waals surface area contributed by atoms with Crippen molar-refractivity contribution in [2.75, 3.05) is 14.2 Å². The lowest BCUT2D eigenvalue weighted by Crippen LogP contribution is -3.00. The molecule has 0 bridgehead atoms. The Labute approximate surface area is 190 Å². The molecular formula is C25H32ClF2NO2. The predicted octanol–water partition coefficient (Wildman–Crippen LogP) is 3.42. The van der Waals surface area contributed by atoms with Gasteiger partial charge in [0.25, 0.3) is 0 Å². The van der Waals surface area contributed by atoms with Gasteiger partial charge in [0.05, 0.1) is 14.2 Å². The van der Waals surface area contributed by atoms with Crippen LogP contribution in [0, 0.1) is 11.6 Å². The van der Waals surface area contributed by atoms with Gasteiger partial charge in [-0.1, -0.05) is 32.6 Å². The third kappa shape index (κ3) is 5.57. The Morgan fingerprint density at radius 2 is 1.61 bits per heavy atom. The molecule has 1 atom stereocenters. The fourth-order valence-corrected chi connectivity index (χ4v) is 4.36. The summed E-state index contributed by atoms with van der Waals surface area (Å²) in [6.07, 6.45) is 7.51. The van der Waals surface area contributed by atoms with Crippen LogP contribution in [0.15, 0.2) is 30.3 Å². The van der Waals surface area contributed by atoms with Crippen molar-refractivity contribution >= 4 is 11.4 Å². The normalized spacial score (nSPS) is 15.4. The quantitative estimate of drug-likeness (QED) is 0.430. The van der Waals surface area contributed by atoms with Crippen LogP contribution in [-0.4, -0.2) is 30.5 Å². The molecule has 1 aliphatic rings. The molecule has 170 valence electrons. The fraction of sp³-hybridized carbons (Fsp3) is 0.480. The average Bonchev–Trinajstić information content (AvgIpc) is 2.74. The summed E-state index contributed by atoms with van der Waals surface area (Å²) < 4.78 is 40.8. The molecule has 2 aromatic rings. The average molecular weight is 452 g/mol. The minimum Gasteiger partial charge on any atom is -1.00 e. The number of nitrogens with zero attached hydrogens (tertiary/aromatic N) is 1. The highest BCUT2D eigenvalue weighted by atomic mass is 35.5. The number of ether oxygens (including phenoxy) is 2. The van der Waals surface area contributed by atoms with E-state index in [9.17, 15) is 8.78 Å². The highest BCUT2D eigenvalue weighted by Crippen LogP contribution is 2.36. The Bertz CT molecular complexity index is 930. The van der Waals surface area contributed by atoms with E-state index in [1.54, 1.807) is 20.3 Å². The standard InChI is InChI=1S/C25H32F2NO2.ClH/c1-5-6-7-8-9-10-23-20-16-25(30-4)24(29-3)14-18(20)13-17(2)28(23)19-11-12-21(26)22(27)15-19;/h11-12,14-17H,5-10,13H2,1-4H3;1H/q+1;/p-1. The molecule has 1 unspecified atom stereocenters. The van der Waals surface area contributed by atoms with E-state index in [4.69, 9.17) is 9.47 Å². The van der Waals surface area contributed by atoms with E-state index in [1.165, 1.54) is 37.0 Å². The van der Waals surface area contributed by atoms with Gasteiger partial charge in [0, 0.05) is 30.5 Å². The highest BCUT2D eigenvalue weighted by molar-refractivity contribution is 6.00. The summed E-state index contributed by atoms with van der Waals surface area (Å²) in [5.41, 5.74) is 4.12. The third-order valence-electron chi connectivity index (χ3n) is 5.87. The molecule has 0 spiro atoms. The zero-order valence-corrected chi connectivity index (χ0v) is 19.6. The Hall–Kier alpha value is -2.14. The lowest BCUT2D eigenvalue weighted by atomic mass is 9.89. The molecule has 0 fully saturated rings. The number of unbranched alkanes of at least 4 members (excludes halogenated alkanes) is 4. The van der Waals surface area contributed by atoms with Crippen molar-refractivity contribution in [3.8, 4) is 11.5 Å². The highest BCUT2D eigenvalue weighted by Gasteiger charge is 2.34. The number of fused-ring (bicyclic) bond motifs is 1. The van der Waals surface area contributed by atoms with Gasteiger partial charge in [-0.3, -0.25) is 0 Å². The maximum Gasteiger partial charge on any atom is 0.208 e. The Balaban J connectivity index is 0.00000341. The summed E-state index contributed by atoms with van der Waals surface area (Å²) >= 11 is 0. The molecule has 6 heteroatoms. The number of benzene rings is 2. The second-order valence-electron chi connectivity index (χ2n) is 8.00. The van der Waals surface area contributed by atoms with Crippen LogP contribution in [0.2, 0.25) is 0 Å².